The number of aryl methyl sites for hydroxylation is 1. The number of carbonyl (C=O) groups excluding carboxylic acids is 1. The van der Waals surface area contributed by atoms with Crippen LogP contribution >= 0.6 is 0 Å². The Labute approximate surface area is 175 Å². The maximum absolute atomic E-state index is 13.0. The molecule has 2 aromatic heterocycles. The summed E-state index contributed by atoms with van der Waals surface area (Å²) in [5.41, 5.74) is 4.27. The third-order valence-corrected chi connectivity index (χ3v) is 5.60. The van der Waals surface area contributed by atoms with E-state index in [2.05, 4.69) is 5.32 Å². The fourth-order valence-corrected chi connectivity index (χ4v) is 4.19. The maximum Gasteiger partial charge on any atom is 0.256 e. The number of hydrogen-bond acceptors (Lipinski definition) is 4. The van der Waals surface area contributed by atoms with Crippen LogP contribution in [0.3, 0.4) is 0 Å². The van der Waals surface area contributed by atoms with Gasteiger partial charge in [-0.2, -0.15) is 0 Å². The van der Waals surface area contributed by atoms with E-state index in [0.29, 0.717) is 22.6 Å². The summed E-state index contributed by atoms with van der Waals surface area (Å²) in [6.45, 7) is 1.97. The van der Waals surface area contributed by atoms with E-state index in [1.165, 1.54) is 6.26 Å². The number of amides is 1. The number of nitrogens with one attached hydrogen (secondary N) is 1. The molecule has 0 unspecified atom stereocenters. The summed E-state index contributed by atoms with van der Waals surface area (Å²) in [5, 5.41) is 2.98. The van der Waals surface area contributed by atoms with Crippen molar-refractivity contribution in [3.8, 4) is 11.3 Å². The zero-order chi connectivity index (χ0) is 21.3. The van der Waals surface area contributed by atoms with Crippen LogP contribution in [0, 0.1) is 6.92 Å². The lowest BCUT2D eigenvalue weighted by Gasteiger charge is -2.09. The van der Waals surface area contributed by atoms with Crippen molar-refractivity contribution >= 4 is 27.2 Å². The molecule has 4 aromatic rings. The van der Waals surface area contributed by atoms with Gasteiger partial charge >= 0.3 is 0 Å². The summed E-state index contributed by atoms with van der Waals surface area (Å²) in [4.78, 5) is 17.8. The highest BCUT2D eigenvalue weighted by Gasteiger charge is 2.18. The van der Waals surface area contributed by atoms with Gasteiger partial charge in [-0.1, -0.05) is 48.5 Å². The quantitative estimate of drug-likeness (QED) is 0.528. The Kier molecular flexibility index (Phi) is 5.13. The van der Waals surface area contributed by atoms with Crippen LogP contribution in [-0.4, -0.2) is 30.0 Å². The van der Waals surface area contributed by atoms with Crippen LogP contribution in [0.1, 0.15) is 21.5 Å². The SMILES string of the molecule is Cc1cccn2c(NC(=O)c3cccc(CS(C)(=O)=O)c3)c(-c3ccccc3)nc12. The number of pyridine rings is 1. The van der Waals surface area contributed by atoms with Gasteiger partial charge in [0, 0.05) is 23.6 Å². The summed E-state index contributed by atoms with van der Waals surface area (Å²) < 4.78 is 25.1. The molecular formula is C23H21N3O3S. The molecule has 0 aliphatic heterocycles. The fraction of sp³-hybridized carbons (Fsp3) is 0.130. The second kappa shape index (κ2) is 7.76. The minimum Gasteiger partial charge on any atom is -0.306 e. The van der Waals surface area contributed by atoms with Gasteiger partial charge in [0.2, 0.25) is 0 Å². The van der Waals surface area contributed by atoms with Gasteiger partial charge in [0.25, 0.3) is 5.91 Å². The lowest BCUT2D eigenvalue weighted by Crippen LogP contribution is -2.14. The first kappa shape index (κ1) is 19.8. The molecule has 2 heterocycles. The zero-order valence-corrected chi connectivity index (χ0v) is 17.5. The lowest BCUT2D eigenvalue weighted by molar-refractivity contribution is 0.102. The number of carbonyl (C=O) groups is 1. The Hall–Kier alpha value is -3.45. The third kappa shape index (κ3) is 4.11. The Bertz CT molecular complexity index is 1340. The molecule has 1 amide bonds. The average Bonchev–Trinajstić information content (AvgIpc) is 3.07. The van der Waals surface area contributed by atoms with Gasteiger partial charge in [-0.3, -0.25) is 9.20 Å². The number of anilines is 1. The van der Waals surface area contributed by atoms with E-state index < -0.39 is 9.84 Å². The van der Waals surface area contributed by atoms with Gasteiger partial charge in [-0.25, -0.2) is 13.4 Å². The van der Waals surface area contributed by atoms with Gasteiger partial charge in [0.1, 0.15) is 17.2 Å². The molecule has 0 aliphatic rings. The highest BCUT2D eigenvalue weighted by atomic mass is 32.2. The van der Waals surface area contributed by atoms with Crippen molar-refractivity contribution < 1.29 is 13.2 Å². The smallest absolute Gasteiger partial charge is 0.256 e. The number of rotatable bonds is 5. The maximum atomic E-state index is 13.0. The Morgan fingerprint density at radius 1 is 1.03 bits per heavy atom. The predicted octanol–water partition coefficient (Wildman–Crippen LogP) is 4.11. The van der Waals surface area contributed by atoms with Crippen molar-refractivity contribution in [1.82, 2.24) is 9.38 Å². The molecule has 0 aliphatic carbocycles. The number of sulfone groups is 1. The standard InChI is InChI=1S/C23H21N3O3S/c1-16-8-7-13-26-21(16)24-20(18-10-4-3-5-11-18)22(26)25-23(27)19-12-6-9-17(14-19)15-30(2,28)29/h3-14H,15H2,1-2H3,(H,25,27). The summed E-state index contributed by atoms with van der Waals surface area (Å²) in [6.07, 6.45) is 3.03. The highest BCUT2D eigenvalue weighted by Crippen LogP contribution is 2.30. The second-order valence-corrected chi connectivity index (χ2v) is 9.42. The number of fused-ring (bicyclic) bond motifs is 1. The number of nitrogens with zero attached hydrogens (tertiary/aromatic N) is 2. The van der Waals surface area contributed by atoms with Gasteiger partial charge in [0.05, 0.1) is 5.75 Å². The Morgan fingerprint density at radius 2 is 1.80 bits per heavy atom. The van der Waals surface area contributed by atoms with Crippen LogP contribution in [0.25, 0.3) is 16.9 Å². The lowest BCUT2D eigenvalue weighted by atomic mass is 10.1. The fourth-order valence-electron chi connectivity index (χ4n) is 3.41. The summed E-state index contributed by atoms with van der Waals surface area (Å²) in [5.74, 6) is 0.127. The van der Waals surface area contributed by atoms with Crippen molar-refractivity contribution in [3.05, 3.63) is 89.6 Å². The van der Waals surface area contributed by atoms with E-state index in [4.69, 9.17) is 4.98 Å². The topological polar surface area (TPSA) is 80.5 Å². The summed E-state index contributed by atoms with van der Waals surface area (Å²) in [7, 11) is -3.19. The normalized spacial score (nSPS) is 11.5. The van der Waals surface area contributed by atoms with Crippen LogP contribution in [0.5, 0.6) is 0 Å². The number of imidazole rings is 1. The van der Waals surface area contributed by atoms with Crippen molar-refractivity contribution in [2.24, 2.45) is 0 Å². The molecular weight excluding hydrogens is 398 g/mol. The molecule has 0 radical (unpaired) electrons. The number of benzene rings is 2. The molecule has 0 saturated carbocycles. The summed E-state index contributed by atoms with van der Waals surface area (Å²) in [6, 6.07) is 20.2. The number of hydrogen-bond donors (Lipinski definition) is 1. The third-order valence-electron chi connectivity index (χ3n) is 4.74. The summed E-state index contributed by atoms with van der Waals surface area (Å²) >= 11 is 0. The Balaban J connectivity index is 1.76. The second-order valence-electron chi connectivity index (χ2n) is 7.28. The van der Waals surface area contributed by atoms with Crippen molar-refractivity contribution in [1.29, 1.82) is 0 Å². The van der Waals surface area contributed by atoms with Crippen LogP contribution in [0.2, 0.25) is 0 Å². The Morgan fingerprint density at radius 3 is 2.53 bits per heavy atom. The minimum atomic E-state index is -3.19. The molecule has 6 nitrogen and oxygen atoms in total. The van der Waals surface area contributed by atoms with Gasteiger partial charge in [-0.15, -0.1) is 0 Å². The molecule has 2 aromatic carbocycles. The van der Waals surface area contributed by atoms with E-state index in [-0.39, 0.29) is 11.7 Å². The molecule has 0 fully saturated rings. The zero-order valence-electron chi connectivity index (χ0n) is 16.7. The van der Waals surface area contributed by atoms with Crippen molar-refractivity contribution in [2.45, 2.75) is 12.7 Å². The molecule has 0 saturated heterocycles. The first-order chi connectivity index (χ1) is 14.3. The molecule has 0 bridgehead atoms. The molecule has 1 N–H and O–H groups in total. The van der Waals surface area contributed by atoms with E-state index in [9.17, 15) is 13.2 Å². The van der Waals surface area contributed by atoms with Crippen LogP contribution in [0.15, 0.2) is 72.9 Å². The molecule has 0 spiro atoms. The van der Waals surface area contributed by atoms with Crippen LogP contribution in [0.4, 0.5) is 5.82 Å². The first-order valence-electron chi connectivity index (χ1n) is 9.43. The van der Waals surface area contributed by atoms with Crippen molar-refractivity contribution in [2.75, 3.05) is 11.6 Å². The molecule has 152 valence electrons. The van der Waals surface area contributed by atoms with E-state index in [1.54, 1.807) is 24.3 Å². The monoisotopic (exact) mass is 419 g/mol. The van der Waals surface area contributed by atoms with Crippen molar-refractivity contribution in [3.63, 3.8) is 0 Å². The van der Waals surface area contributed by atoms with Gasteiger partial charge < -0.3 is 5.32 Å². The minimum absolute atomic E-state index is 0.113. The molecule has 30 heavy (non-hydrogen) atoms. The molecule has 0 atom stereocenters. The van der Waals surface area contributed by atoms with Gasteiger partial charge in [-0.05, 0) is 36.2 Å². The van der Waals surface area contributed by atoms with Crippen LogP contribution < -0.4 is 5.32 Å². The van der Waals surface area contributed by atoms with E-state index in [1.807, 2.05) is 60.0 Å². The van der Waals surface area contributed by atoms with Crippen LogP contribution in [-0.2, 0) is 15.6 Å². The van der Waals surface area contributed by atoms with E-state index in [0.717, 1.165) is 16.8 Å². The van der Waals surface area contributed by atoms with Gasteiger partial charge in [0.15, 0.2) is 9.84 Å². The molecule has 4 rings (SSSR count). The molecule has 7 heteroatoms. The average molecular weight is 420 g/mol. The predicted molar refractivity (Wildman–Crippen MR) is 118 cm³/mol. The van der Waals surface area contributed by atoms with E-state index >= 15 is 0 Å². The highest BCUT2D eigenvalue weighted by molar-refractivity contribution is 7.89. The first-order valence-corrected chi connectivity index (χ1v) is 11.5. The number of aromatic nitrogens is 2. The largest absolute Gasteiger partial charge is 0.306 e.